The minimum atomic E-state index is -4.63. The van der Waals surface area contributed by atoms with E-state index in [4.69, 9.17) is 4.52 Å². The molecule has 0 aliphatic heterocycles. The smallest absolute Gasteiger partial charge is 0.361 e. The van der Waals surface area contributed by atoms with Crippen molar-refractivity contribution >= 4 is 11.5 Å². The molecule has 134 valence electrons. The minimum Gasteiger partial charge on any atom is -0.361 e. The highest BCUT2D eigenvalue weighted by molar-refractivity contribution is 5.59. The highest BCUT2D eigenvalue weighted by Crippen LogP contribution is 2.30. The van der Waals surface area contributed by atoms with Gasteiger partial charge in [-0.1, -0.05) is 5.16 Å². The fraction of sp³-hybridized carbons (Fsp3) is 0.467. The third-order valence-electron chi connectivity index (χ3n) is 4.26. The molecule has 3 rings (SSSR count). The van der Waals surface area contributed by atoms with Crippen LogP contribution in [0, 0.1) is 27.7 Å². The Hall–Kier alpha value is -2.65. The van der Waals surface area contributed by atoms with Crippen molar-refractivity contribution in [1.82, 2.24) is 25.0 Å². The summed E-state index contributed by atoms with van der Waals surface area (Å²) in [5.74, 6) is -0.0621. The summed E-state index contributed by atoms with van der Waals surface area (Å²) in [5.41, 5.74) is 3.04. The van der Waals surface area contributed by atoms with Gasteiger partial charge in [-0.15, -0.1) is 15.3 Å². The molecular weight excluding hydrogens is 337 g/mol. The second kappa shape index (κ2) is 5.71. The van der Waals surface area contributed by atoms with Crippen LogP contribution in [0.4, 0.5) is 19.0 Å². The monoisotopic (exact) mass is 354 g/mol. The maximum atomic E-state index is 13.1. The molecule has 0 aliphatic carbocycles. The second-order valence-electron chi connectivity index (χ2n) is 5.99. The van der Waals surface area contributed by atoms with Crippen LogP contribution in [0.5, 0.6) is 0 Å². The zero-order valence-electron chi connectivity index (χ0n) is 14.4. The van der Waals surface area contributed by atoms with Crippen LogP contribution < -0.4 is 4.90 Å². The van der Waals surface area contributed by atoms with Crippen molar-refractivity contribution in [3.63, 3.8) is 0 Å². The van der Waals surface area contributed by atoms with Crippen LogP contribution in [0.15, 0.2) is 4.52 Å². The molecule has 0 aliphatic rings. The summed E-state index contributed by atoms with van der Waals surface area (Å²) in [7, 11) is 1.75. The molecule has 0 N–H and O–H groups in total. The average molecular weight is 354 g/mol. The zero-order valence-corrected chi connectivity index (χ0v) is 14.4. The number of rotatable bonds is 3. The van der Waals surface area contributed by atoms with Crippen LogP contribution in [0.3, 0.4) is 0 Å². The van der Waals surface area contributed by atoms with Crippen molar-refractivity contribution in [1.29, 1.82) is 0 Å². The fourth-order valence-corrected chi connectivity index (χ4v) is 2.69. The molecule has 0 radical (unpaired) electrons. The van der Waals surface area contributed by atoms with Gasteiger partial charge in [0.25, 0.3) is 5.82 Å². The Morgan fingerprint density at radius 2 is 1.76 bits per heavy atom. The Bertz CT molecular complexity index is 924. The molecule has 0 unspecified atom stereocenters. The molecule has 0 saturated heterocycles. The van der Waals surface area contributed by atoms with E-state index in [9.17, 15) is 13.2 Å². The topological polar surface area (TPSA) is 72.4 Å². The number of hydrogen-bond acceptors (Lipinski definition) is 6. The third kappa shape index (κ3) is 2.81. The van der Waals surface area contributed by atoms with Crippen molar-refractivity contribution < 1.29 is 17.7 Å². The van der Waals surface area contributed by atoms with Gasteiger partial charge in [-0.25, -0.2) is 0 Å². The van der Waals surface area contributed by atoms with Gasteiger partial charge in [0.2, 0.25) is 0 Å². The van der Waals surface area contributed by atoms with E-state index >= 15 is 0 Å². The maximum absolute atomic E-state index is 13.1. The molecule has 3 aromatic rings. The maximum Gasteiger partial charge on any atom is 0.453 e. The van der Waals surface area contributed by atoms with Crippen LogP contribution >= 0.6 is 0 Å². The number of hydrogen-bond donors (Lipinski definition) is 0. The molecule has 0 saturated carbocycles. The van der Waals surface area contributed by atoms with Crippen molar-refractivity contribution in [3.8, 4) is 0 Å². The van der Waals surface area contributed by atoms with E-state index in [1.165, 1.54) is 0 Å². The molecule has 3 aromatic heterocycles. The first kappa shape index (κ1) is 17.2. The van der Waals surface area contributed by atoms with E-state index in [-0.39, 0.29) is 5.65 Å². The van der Waals surface area contributed by atoms with E-state index in [1.54, 1.807) is 32.7 Å². The summed E-state index contributed by atoms with van der Waals surface area (Å²) in [4.78, 5) is 1.76. The highest BCUT2D eigenvalue weighted by Gasteiger charge is 2.38. The SMILES string of the molecule is Cc1noc(C)c1CN(C)c1nn2c(C(F)(F)F)nnc2c(C)c1C. The Labute approximate surface area is 141 Å². The number of aromatic nitrogens is 5. The van der Waals surface area contributed by atoms with E-state index in [0.29, 0.717) is 23.7 Å². The molecule has 3 heterocycles. The fourth-order valence-electron chi connectivity index (χ4n) is 2.69. The van der Waals surface area contributed by atoms with Crippen molar-refractivity contribution in [3.05, 3.63) is 34.0 Å². The molecule has 10 heteroatoms. The Morgan fingerprint density at radius 3 is 2.32 bits per heavy atom. The highest BCUT2D eigenvalue weighted by atomic mass is 19.4. The molecule has 0 atom stereocenters. The van der Waals surface area contributed by atoms with Crippen molar-refractivity contribution in [2.75, 3.05) is 11.9 Å². The zero-order chi connectivity index (χ0) is 18.5. The lowest BCUT2D eigenvalue weighted by molar-refractivity contribution is -0.146. The quantitative estimate of drug-likeness (QED) is 0.720. The van der Waals surface area contributed by atoms with Gasteiger partial charge < -0.3 is 9.42 Å². The first-order chi connectivity index (χ1) is 11.6. The minimum absolute atomic E-state index is 0.0966. The van der Waals surface area contributed by atoms with E-state index in [0.717, 1.165) is 21.3 Å². The van der Waals surface area contributed by atoms with Crippen molar-refractivity contribution in [2.45, 2.75) is 40.4 Å². The summed E-state index contributed by atoms with van der Waals surface area (Å²) < 4.78 is 45.3. The Morgan fingerprint density at radius 1 is 1.08 bits per heavy atom. The number of anilines is 1. The first-order valence-corrected chi connectivity index (χ1v) is 7.54. The predicted octanol–water partition coefficient (Wildman–Crippen LogP) is 3.00. The van der Waals surface area contributed by atoms with Gasteiger partial charge in [-0.3, -0.25) is 0 Å². The number of nitrogens with zero attached hydrogens (tertiary/aromatic N) is 6. The van der Waals surface area contributed by atoms with Crippen LogP contribution in [-0.4, -0.2) is 32.0 Å². The lowest BCUT2D eigenvalue weighted by Crippen LogP contribution is -2.22. The van der Waals surface area contributed by atoms with Gasteiger partial charge in [0.15, 0.2) is 11.5 Å². The van der Waals surface area contributed by atoms with E-state index in [1.807, 2.05) is 6.92 Å². The molecule has 0 spiro atoms. The van der Waals surface area contributed by atoms with Crippen LogP contribution in [0.25, 0.3) is 5.65 Å². The summed E-state index contributed by atoms with van der Waals surface area (Å²) in [5, 5.41) is 14.9. The van der Waals surface area contributed by atoms with Gasteiger partial charge in [-0.2, -0.15) is 17.7 Å². The van der Waals surface area contributed by atoms with Gasteiger partial charge in [0.1, 0.15) is 5.76 Å². The summed E-state index contributed by atoms with van der Waals surface area (Å²) in [6.07, 6.45) is -4.63. The van der Waals surface area contributed by atoms with Gasteiger partial charge in [0.05, 0.1) is 5.69 Å². The lowest BCUT2D eigenvalue weighted by Gasteiger charge is -2.21. The van der Waals surface area contributed by atoms with Crippen LogP contribution in [0.1, 0.15) is 34.0 Å². The Kier molecular flexibility index (Phi) is 3.92. The normalized spacial score (nSPS) is 12.2. The third-order valence-corrected chi connectivity index (χ3v) is 4.26. The number of alkyl halides is 3. The molecule has 0 amide bonds. The summed E-state index contributed by atoms with van der Waals surface area (Å²) >= 11 is 0. The van der Waals surface area contributed by atoms with Crippen LogP contribution in [-0.2, 0) is 12.7 Å². The first-order valence-electron chi connectivity index (χ1n) is 7.54. The second-order valence-corrected chi connectivity index (χ2v) is 5.99. The van der Waals surface area contributed by atoms with E-state index in [2.05, 4.69) is 20.5 Å². The van der Waals surface area contributed by atoms with Gasteiger partial charge in [-0.05, 0) is 27.7 Å². The number of fused-ring (bicyclic) bond motifs is 1. The van der Waals surface area contributed by atoms with Gasteiger partial charge in [0, 0.05) is 30.3 Å². The molecule has 0 bridgehead atoms. The summed E-state index contributed by atoms with van der Waals surface area (Å²) in [6.45, 7) is 7.51. The molecule has 0 aromatic carbocycles. The largest absolute Gasteiger partial charge is 0.453 e. The van der Waals surface area contributed by atoms with Gasteiger partial charge >= 0.3 is 6.18 Å². The lowest BCUT2D eigenvalue weighted by atomic mass is 10.1. The molecule has 25 heavy (non-hydrogen) atoms. The average Bonchev–Trinajstić information content (AvgIpc) is 3.09. The standard InChI is InChI=1S/C15H17F3N6O/c1-7-8(2)13(23(5)6-11-9(3)22-25-10(11)4)21-24-12(7)19-20-14(24)15(16,17)18/h6H2,1-5H3. The Balaban J connectivity index is 2.11. The van der Waals surface area contributed by atoms with Crippen molar-refractivity contribution in [2.24, 2.45) is 0 Å². The molecular formula is C15H17F3N6O. The number of aryl methyl sites for hydroxylation is 3. The van der Waals surface area contributed by atoms with E-state index < -0.39 is 12.0 Å². The predicted molar refractivity (Wildman–Crippen MR) is 83.3 cm³/mol. The van der Waals surface area contributed by atoms with Crippen LogP contribution in [0.2, 0.25) is 0 Å². The number of halogens is 3. The molecule has 0 fully saturated rings. The summed E-state index contributed by atoms with van der Waals surface area (Å²) in [6, 6.07) is 0. The molecule has 7 nitrogen and oxygen atoms in total.